The number of nitrogens with zero attached hydrogens (tertiary/aromatic N) is 1. The van der Waals surface area contributed by atoms with Crippen molar-refractivity contribution in [1.82, 2.24) is 3.98 Å². The van der Waals surface area contributed by atoms with Gasteiger partial charge in [0.05, 0.1) is 0 Å². The van der Waals surface area contributed by atoms with Gasteiger partial charge in [0.1, 0.15) is 0 Å². The van der Waals surface area contributed by atoms with Crippen molar-refractivity contribution in [2.45, 2.75) is 6.92 Å². The van der Waals surface area contributed by atoms with E-state index in [1.165, 1.54) is 4.47 Å². The van der Waals surface area contributed by atoms with E-state index >= 15 is 0 Å². The Morgan fingerprint density at radius 1 is 1.86 bits per heavy atom. The van der Waals surface area contributed by atoms with Crippen LogP contribution in [0.15, 0.2) is 9.41 Å². The van der Waals surface area contributed by atoms with Crippen LogP contribution in [0.5, 0.6) is 0 Å². The molecule has 0 aliphatic rings. The molecule has 1 aromatic rings. The zero-order chi connectivity index (χ0) is 5.28. The molecule has 0 atom stereocenters. The number of aromatic nitrogens is 1. The van der Waals surface area contributed by atoms with Crippen LogP contribution in [0.2, 0.25) is 0 Å². The van der Waals surface area contributed by atoms with Crippen molar-refractivity contribution < 1.29 is 0 Å². The van der Waals surface area contributed by atoms with Gasteiger partial charge in [-0.2, -0.15) is 0 Å². The van der Waals surface area contributed by atoms with Gasteiger partial charge in [-0.25, -0.2) is 0 Å². The number of hydrogen-bond acceptors (Lipinski definition) is 1. The Hall–Kier alpha value is 0.409. The second-order valence-corrected chi connectivity index (χ2v) is 3.42. The van der Waals surface area contributed by atoms with E-state index in [0.717, 1.165) is 5.69 Å². The molecule has 0 N–H and O–H groups in total. The molecule has 3 heteroatoms. The van der Waals surface area contributed by atoms with Gasteiger partial charge >= 0.3 is 56.7 Å². The first-order chi connectivity index (χ1) is 3.30. The predicted molar refractivity (Wildman–Crippen MR) is 33.6 cm³/mol. The fraction of sp³-hybridized carbons (Fsp3) is 0.250. The fourth-order valence-corrected chi connectivity index (χ4v) is 2.27. The van der Waals surface area contributed by atoms with Gasteiger partial charge in [0, 0.05) is 0 Å². The number of rotatable bonds is 0. The van der Waals surface area contributed by atoms with E-state index in [4.69, 9.17) is 0 Å². The van der Waals surface area contributed by atoms with Crippen molar-refractivity contribution in [3.8, 4) is 0 Å². The third-order valence-corrected chi connectivity index (χ3v) is 3.69. The quantitative estimate of drug-likeness (QED) is 0.604. The summed E-state index contributed by atoms with van der Waals surface area (Å²) in [5.41, 5.74) is 1.14. The Bertz CT molecular complexity index is 144. The van der Waals surface area contributed by atoms with Crippen molar-refractivity contribution in [2.75, 3.05) is 0 Å². The topological polar surface area (TPSA) is 12.9 Å². The van der Waals surface area contributed by atoms with Gasteiger partial charge in [0.2, 0.25) is 0 Å². The summed E-state index contributed by atoms with van der Waals surface area (Å²) in [6.07, 6.45) is 0. The van der Waals surface area contributed by atoms with Gasteiger partial charge in [0.15, 0.2) is 0 Å². The molecule has 0 saturated carbocycles. The Morgan fingerprint density at radius 2 is 2.57 bits per heavy atom. The molecule has 0 amide bonds. The molecule has 0 aliphatic heterocycles. The van der Waals surface area contributed by atoms with Crippen LogP contribution in [0, 0.1) is 6.92 Å². The number of hydrogen-bond donors (Lipinski definition) is 0. The summed E-state index contributed by atoms with van der Waals surface area (Å²) in [4.78, 5) is 2.11. The molecule has 0 bridgehead atoms. The Labute approximate surface area is 56.9 Å². The van der Waals surface area contributed by atoms with E-state index in [2.05, 4.69) is 24.8 Å². The molecule has 0 saturated heterocycles. The second-order valence-electron chi connectivity index (χ2n) is 1.25. The van der Waals surface area contributed by atoms with E-state index in [9.17, 15) is 0 Å². The molecule has 0 unspecified atom stereocenters. The first-order valence-electron chi connectivity index (χ1n) is 1.87. The van der Waals surface area contributed by atoms with Crippen LogP contribution < -0.4 is 0 Å². The number of aryl methyl sites for hydroxylation is 1. The van der Waals surface area contributed by atoms with Crippen molar-refractivity contribution in [3.63, 3.8) is 0 Å². The standard InChI is InChI=1S/C4H4BrNSe/c1-3-4(5)2-7-6-3/h2H,1H3. The van der Waals surface area contributed by atoms with Gasteiger partial charge in [0.25, 0.3) is 0 Å². The van der Waals surface area contributed by atoms with Gasteiger partial charge in [-0.1, -0.05) is 0 Å². The van der Waals surface area contributed by atoms with Crippen LogP contribution in [0.4, 0.5) is 0 Å². The van der Waals surface area contributed by atoms with E-state index in [1.54, 1.807) is 0 Å². The molecule has 1 heterocycles. The van der Waals surface area contributed by atoms with Crippen molar-refractivity contribution in [3.05, 3.63) is 15.1 Å². The van der Waals surface area contributed by atoms with Gasteiger partial charge in [-0.3, -0.25) is 0 Å². The first-order valence-corrected chi connectivity index (χ1v) is 4.42. The molecule has 0 radical (unpaired) electrons. The Kier molecular flexibility index (Phi) is 1.68. The van der Waals surface area contributed by atoms with Crippen LogP contribution in [0.3, 0.4) is 0 Å². The summed E-state index contributed by atoms with van der Waals surface area (Å²) in [5, 5.41) is 0. The summed E-state index contributed by atoms with van der Waals surface area (Å²) < 4.78 is 5.33. The minimum atomic E-state index is 0.392. The predicted octanol–water partition coefficient (Wildman–Crippen LogP) is 1.21. The SMILES string of the molecule is Cc1n[se]cc1Br. The summed E-state index contributed by atoms with van der Waals surface area (Å²) in [7, 11) is 0. The van der Waals surface area contributed by atoms with E-state index in [1.807, 2.05) is 6.92 Å². The summed E-state index contributed by atoms with van der Waals surface area (Å²) in [6.45, 7) is 2.01. The van der Waals surface area contributed by atoms with Crippen molar-refractivity contribution in [1.29, 1.82) is 0 Å². The second kappa shape index (κ2) is 2.12. The third kappa shape index (κ3) is 1.15. The minimum absolute atomic E-state index is 0.392. The molecule has 0 spiro atoms. The molecule has 0 fully saturated rings. The van der Waals surface area contributed by atoms with Crippen LogP contribution in [0.1, 0.15) is 5.69 Å². The Balaban J connectivity index is 3.12. The molecule has 0 aliphatic carbocycles. The molecular weight excluding hydrogens is 221 g/mol. The third-order valence-electron chi connectivity index (χ3n) is 0.691. The Morgan fingerprint density at radius 3 is 2.71 bits per heavy atom. The summed E-state index contributed by atoms with van der Waals surface area (Å²) in [5.74, 6) is 0. The molecule has 38 valence electrons. The van der Waals surface area contributed by atoms with Crippen LogP contribution in [-0.4, -0.2) is 18.7 Å². The summed E-state index contributed by atoms with van der Waals surface area (Å²) in [6, 6.07) is 0. The fourth-order valence-electron chi connectivity index (χ4n) is 0.281. The van der Waals surface area contributed by atoms with E-state index < -0.39 is 0 Å². The monoisotopic (exact) mass is 225 g/mol. The molecule has 1 rings (SSSR count). The average molecular weight is 225 g/mol. The normalized spacial score (nSPS) is 9.43. The molecule has 1 aromatic heterocycles. The van der Waals surface area contributed by atoms with E-state index in [0.29, 0.717) is 14.7 Å². The zero-order valence-corrected chi connectivity index (χ0v) is 7.11. The average Bonchev–Trinajstić information content (AvgIpc) is 1.91. The van der Waals surface area contributed by atoms with Crippen LogP contribution in [0.25, 0.3) is 0 Å². The van der Waals surface area contributed by atoms with Crippen molar-refractivity contribution >= 4 is 30.7 Å². The molecule has 1 nitrogen and oxygen atoms in total. The van der Waals surface area contributed by atoms with Gasteiger partial charge < -0.3 is 0 Å². The molecule has 0 aromatic carbocycles. The van der Waals surface area contributed by atoms with Crippen LogP contribution in [-0.2, 0) is 0 Å². The van der Waals surface area contributed by atoms with E-state index in [-0.39, 0.29) is 0 Å². The van der Waals surface area contributed by atoms with Gasteiger partial charge in [-0.05, 0) is 0 Å². The summed E-state index contributed by atoms with van der Waals surface area (Å²) >= 11 is 3.74. The van der Waals surface area contributed by atoms with Crippen LogP contribution >= 0.6 is 15.9 Å². The van der Waals surface area contributed by atoms with Gasteiger partial charge in [-0.15, -0.1) is 0 Å². The first kappa shape index (κ1) is 5.54. The zero-order valence-electron chi connectivity index (χ0n) is 3.81. The maximum atomic E-state index is 4.16. The van der Waals surface area contributed by atoms with Crippen molar-refractivity contribution in [2.24, 2.45) is 0 Å². The number of halogens is 1. The molecular formula is C4H4BrNSe. The molecule has 7 heavy (non-hydrogen) atoms. The maximum absolute atomic E-state index is 4.16.